The highest BCUT2D eigenvalue weighted by Crippen LogP contribution is 2.33. The molecule has 0 aromatic rings. The predicted octanol–water partition coefficient (Wildman–Crippen LogP) is 4.09. The third-order valence-electron chi connectivity index (χ3n) is 2.85. The average molecular weight is 224 g/mol. The van der Waals surface area contributed by atoms with Gasteiger partial charge in [0.2, 0.25) is 0 Å². The van der Waals surface area contributed by atoms with Crippen LogP contribution in [-0.2, 0) is 0 Å². The number of aliphatic imine (C=N–C) groups is 1. The molecule has 2 nitrogen and oxygen atoms in total. The molecule has 16 heavy (non-hydrogen) atoms. The first-order valence-electron chi connectivity index (χ1n) is 6.12. The Morgan fingerprint density at radius 2 is 1.75 bits per heavy atom. The van der Waals surface area contributed by atoms with Crippen molar-refractivity contribution in [3.63, 3.8) is 0 Å². The lowest BCUT2D eigenvalue weighted by Crippen LogP contribution is -2.44. The van der Waals surface area contributed by atoms with E-state index in [1.165, 1.54) is 0 Å². The van der Waals surface area contributed by atoms with E-state index >= 15 is 0 Å². The fourth-order valence-corrected chi connectivity index (χ4v) is 2.18. The topological polar surface area (TPSA) is 15.6 Å². The van der Waals surface area contributed by atoms with E-state index in [0.29, 0.717) is 5.41 Å². The summed E-state index contributed by atoms with van der Waals surface area (Å²) in [5.74, 6) is 0. The molecular weight excluding hydrogens is 196 g/mol. The lowest BCUT2D eigenvalue weighted by molar-refractivity contribution is 0.162. The van der Waals surface area contributed by atoms with Crippen molar-refractivity contribution in [3.05, 3.63) is 12.3 Å². The second kappa shape index (κ2) is 6.07. The van der Waals surface area contributed by atoms with E-state index in [-0.39, 0.29) is 5.54 Å². The maximum absolute atomic E-state index is 4.15. The second-order valence-electron chi connectivity index (χ2n) is 5.85. The van der Waals surface area contributed by atoms with Gasteiger partial charge in [-0.05, 0) is 32.1 Å². The van der Waals surface area contributed by atoms with Gasteiger partial charge in [0.15, 0.2) is 0 Å². The third-order valence-corrected chi connectivity index (χ3v) is 2.85. The number of hydrogen-bond acceptors (Lipinski definition) is 1. The molecule has 1 atom stereocenters. The average Bonchev–Trinajstić information content (AvgIpc) is 2.15. The standard InChI is InChI=1S/C14H28N2/c1-8-10-16(12-15-7)14(6,9-2)11-13(3,4)5/h8,10,12H,9,11H2,1-7H3/b10-8-,15-12?. The van der Waals surface area contributed by atoms with Gasteiger partial charge in [-0.2, -0.15) is 0 Å². The van der Waals surface area contributed by atoms with Gasteiger partial charge in [0.05, 0.1) is 6.34 Å². The molecule has 0 aliphatic carbocycles. The lowest BCUT2D eigenvalue weighted by atomic mass is 9.78. The summed E-state index contributed by atoms with van der Waals surface area (Å²) >= 11 is 0. The molecule has 0 N–H and O–H groups in total. The summed E-state index contributed by atoms with van der Waals surface area (Å²) < 4.78 is 0. The van der Waals surface area contributed by atoms with Crippen LogP contribution in [0.15, 0.2) is 17.3 Å². The van der Waals surface area contributed by atoms with E-state index in [1.54, 1.807) is 0 Å². The van der Waals surface area contributed by atoms with E-state index in [9.17, 15) is 0 Å². The first-order chi connectivity index (χ1) is 7.29. The first kappa shape index (κ1) is 15.2. The molecule has 0 amide bonds. The Labute approximate surface area is 101 Å². The summed E-state index contributed by atoms with van der Waals surface area (Å²) in [5, 5.41) is 0. The molecule has 0 heterocycles. The normalized spacial score (nSPS) is 16.9. The Hall–Kier alpha value is -0.790. The Morgan fingerprint density at radius 1 is 1.19 bits per heavy atom. The third kappa shape index (κ3) is 4.82. The Kier molecular flexibility index (Phi) is 5.77. The highest BCUT2D eigenvalue weighted by atomic mass is 15.2. The van der Waals surface area contributed by atoms with Crippen LogP contribution in [0.5, 0.6) is 0 Å². The SMILES string of the molecule is C/C=C\N(C=NC)C(C)(CC)CC(C)(C)C. The molecule has 2 heteroatoms. The predicted molar refractivity (Wildman–Crippen MR) is 73.8 cm³/mol. The number of hydrogen-bond donors (Lipinski definition) is 0. The fourth-order valence-electron chi connectivity index (χ4n) is 2.18. The molecule has 0 rings (SSSR count). The summed E-state index contributed by atoms with van der Waals surface area (Å²) in [5.41, 5.74) is 0.469. The number of allylic oxidation sites excluding steroid dienone is 1. The van der Waals surface area contributed by atoms with Gasteiger partial charge >= 0.3 is 0 Å². The molecule has 0 aliphatic heterocycles. The van der Waals surface area contributed by atoms with Gasteiger partial charge in [0.1, 0.15) is 0 Å². The van der Waals surface area contributed by atoms with Gasteiger partial charge in [-0.25, -0.2) is 0 Å². The first-order valence-corrected chi connectivity index (χ1v) is 6.12. The van der Waals surface area contributed by atoms with Gasteiger partial charge in [0, 0.05) is 18.8 Å². The quantitative estimate of drug-likeness (QED) is 0.507. The van der Waals surface area contributed by atoms with Crippen LogP contribution in [0.3, 0.4) is 0 Å². The van der Waals surface area contributed by atoms with Crippen LogP contribution >= 0.6 is 0 Å². The zero-order chi connectivity index (χ0) is 12.8. The van der Waals surface area contributed by atoms with Gasteiger partial charge < -0.3 is 4.90 Å². The largest absolute Gasteiger partial charge is 0.334 e. The number of nitrogens with zero attached hydrogens (tertiary/aromatic N) is 2. The fraction of sp³-hybridized carbons (Fsp3) is 0.786. The van der Waals surface area contributed by atoms with Crippen LogP contribution in [0.25, 0.3) is 0 Å². The van der Waals surface area contributed by atoms with Crippen molar-refractivity contribution >= 4 is 6.34 Å². The summed E-state index contributed by atoms with van der Waals surface area (Å²) in [4.78, 5) is 6.38. The summed E-state index contributed by atoms with van der Waals surface area (Å²) in [6.45, 7) is 13.5. The Balaban J connectivity index is 5.01. The Morgan fingerprint density at radius 3 is 2.06 bits per heavy atom. The maximum Gasteiger partial charge on any atom is 0.0891 e. The van der Waals surface area contributed by atoms with Crippen molar-refractivity contribution in [2.45, 2.75) is 59.9 Å². The van der Waals surface area contributed by atoms with Crippen molar-refractivity contribution in [1.82, 2.24) is 4.90 Å². The second-order valence-corrected chi connectivity index (χ2v) is 5.85. The monoisotopic (exact) mass is 224 g/mol. The highest BCUT2D eigenvalue weighted by Gasteiger charge is 2.32. The molecule has 0 radical (unpaired) electrons. The minimum absolute atomic E-state index is 0.143. The molecule has 0 aromatic heterocycles. The minimum Gasteiger partial charge on any atom is -0.334 e. The highest BCUT2D eigenvalue weighted by molar-refractivity contribution is 5.57. The zero-order valence-electron chi connectivity index (χ0n) is 12.0. The van der Waals surface area contributed by atoms with Crippen LogP contribution in [0, 0.1) is 5.41 Å². The van der Waals surface area contributed by atoms with E-state index in [1.807, 2.05) is 20.3 Å². The van der Waals surface area contributed by atoms with Gasteiger partial charge in [0.25, 0.3) is 0 Å². The van der Waals surface area contributed by atoms with Gasteiger partial charge in [-0.1, -0.05) is 33.8 Å². The zero-order valence-corrected chi connectivity index (χ0v) is 12.0. The van der Waals surface area contributed by atoms with Crippen LogP contribution in [0.2, 0.25) is 0 Å². The molecule has 0 aromatic carbocycles. The maximum atomic E-state index is 4.15. The van der Waals surface area contributed by atoms with Crippen molar-refractivity contribution in [1.29, 1.82) is 0 Å². The van der Waals surface area contributed by atoms with E-state index < -0.39 is 0 Å². The van der Waals surface area contributed by atoms with Crippen molar-refractivity contribution < 1.29 is 0 Å². The molecule has 94 valence electrons. The summed E-state index contributed by atoms with van der Waals surface area (Å²) in [7, 11) is 1.82. The molecular formula is C14H28N2. The van der Waals surface area contributed by atoms with Crippen LogP contribution in [0.1, 0.15) is 54.4 Å². The van der Waals surface area contributed by atoms with Crippen LogP contribution in [0.4, 0.5) is 0 Å². The molecule has 0 saturated carbocycles. The van der Waals surface area contributed by atoms with E-state index in [2.05, 4.69) is 56.8 Å². The summed E-state index contributed by atoms with van der Waals surface area (Å²) in [6.07, 6.45) is 8.36. The summed E-state index contributed by atoms with van der Waals surface area (Å²) in [6, 6.07) is 0. The van der Waals surface area contributed by atoms with Crippen LogP contribution < -0.4 is 0 Å². The molecule has 0 spiro atoms. The van der Waals surface area contributed by atoms with E-state index in [4.69, 9.17) is 0 Å². The van der Waals surface area contributed by atoms with Gasteiger partial charge in [-0.3, -0.25) is 4.99 Å². The Bertz CT molecular complexity index is 236. The van der Waals surface area contributed by atoms with Crippen molar-refractivity contribution in [3.8, 4) is 0 Å². The molecule has 0 fully saturated rings. The van der Waals surface area contributed by atoms with Crippen molar-refractivity contribution in [2.24, 2.45) is 10.4 Å². The van der Waals surface area contributed by atoms with Crippen LogP contribution in [-0.4, -0.2) is 23.8 Å². The molecule has 0 bridgehead atoms. The lowest BCUT2D eigenvalue weighted by Gasteiger charge is -2.41. The minimum atomic E-state index is 0.143. The smallest absolute Gasteiger partial charge is 0.0891 e. The number of rotatable bonds is 5. The molecule has 0 saturated heterocycles. The molecule has 0 aliphatic rings. The van der Waals surface area contributed by atoms with Crippen molar-refractivity contribution in [2.75, 3.05) is 7.05 Å². The molecule has 1 unspecified atom stereocenters. The van der Waals surface area contributed by atoms with Gasteiger partial charge in [-0.15, -0.1) is 0 Å². The van der Waals surface area contributed by atoms with E-state index in [0.717, 1.165) is 12.8 Å².